The predicted molar refractivity (Wildman–Crippen MR) is 70.5 cm³/mol. The summed E-state index contributed by atoms with van der Waals surface area (Å²) >= 11 is 1.82. The van der Waals surface area contributed by atoms with Gasteiger partial charge in [0.2, 0.25) is 0 Å². The molecule has 0 saturated heterocycles. The van der Waals surface area contributed by atoms with Crippen LogP contribution in [-0.2, 0) is 5.41 Å². The summed E-state index contributed by atoms with van der Waals surface area (Å²) < 4.78 is 0. The van der Waals surface area contributed by atoms with Crippen LogP contribution in [0.15, 0.2) is 23.3 Å². The molecule has 0 atom stereocenters. The maximum absolute atomic E-state index is 7.15. The molecule has 0 radical (unpaired) electrons. The highest BCUT2D eigenvalue weighted by Gasteiger charge is 2.40. The molecule has 1 aliphatic carbocycles. The summed E-state index contributed by atoms with van der Waals surface area (Å²) in [5, 5.41) is 15.4. The van der Waals surface area contributed by atoms with Gasteiger partial charge >= 0.3 is 0 Å². The van der Waals surface area contributed by atoms with Crippen LogP contribution in [0.25, 0.3) is 0 Å². The monoisotopic (exact) mass is 235 g/mol. The molecule has 1 aromatic rings. The van der Waals surface area contributed by atoms with Crippen molar-refractivity contribution < 1.29 is 0 Å². The number of anilines is 1. The van der Waals surface area contributed by atoms with E-state index >= 15 is 0 Å². The molecule has 1 aromatic heterocycles. The van der Waals surface area contributed by atoms with Crippen molar-refractivity contribution in [2.24, 2.45) is 0 Å². The molecule has 1 heterocycles. The Bertz CT molecular complexity index is 416. The molecule has 1 fully saturated rings. The van der Waals surface area contributed by atoms with E-state index in [1.807, 2.05) is 24.6 Å². The third-order valence-corrected chi connectivity index (χ3v) is 4.27. The first-order valence-corrected chi connectivity index (χ1v) is 6.30. The lowest BCUT2D eigenvalue weighted by atomic mass is 10.1. The molecule has 0 spiro atoms. The van der Waals surface area contributed by atoms with Crippen molar-refractivity contribution in [3.05, 3.63) is 28.2 Å². The van der Waals surface area contributed by atoms with Crippen molar-refractivity contribution in [3.8, 4) is 0 Å². The lowest BCUT2D eigenvalue weighted by molar-refractivity contribution is 0.809. The highest BCUT2D eigenvalue weighted by Crippen LogP contribution is 2.50. The molecular formula is C12H17N3S. The molecule has 3 N–H and O–H groups in total. The Balaban J connectivity index is 2.03. The number of allylic oxidation sites excluding steroid dienone is 1. The summed E-state index contributed by atoms with van der Waals surface area (Å²) in [5.41, 5.74) is 2.33. The quantitative estimate of drug-likeness (QED) is 0.687. The van der Waals surface area contributed by atoms with E-state index in [0.29, 0.717) is 5.41 Å². The zero-order valence-electron chi connectivity index (χ0n) is 9.63. The molecule has 2 rings (SSSR count). The molecular weight excluding hydrogens is 218 g/mol. The molecule has 0 unspecified atom stereocenters. The molecule has 0 aliphatic heterocycles. The van der Waals surface area contributed by atoms with Gasteiger partial charge in [0.1, 0.15) is 0 Å². The minimum absolute atomic E-state index is 0.446. The molecule has 0 aromatic carbocycles. The summed E-state index contributed by atoms with van der Waals surface area (Å²) in [6.45, 7) is 2.31. The topological polar surface area (TPSA) is 47.9 Å². The number of thiophene rings is 1. The Morgan fingerprint density at radius 1 is 1.56 bits per heavy atom. The fourth-order valence-corrected chi connectivity index (χ4v) is 2.58. The van der Waals surface area contributed by atoms with Crippen molar-refractivity contribution in [1.82, 2.24) is 5.32 Å². The van der Waals surface area contributed by atoms with Gasteiger partial charge in [0.15, 0.2) is 0 Å². The third kappa shape index (κ3) is 2.27. The van der Waals surface area contributed by atoms with Crippen molar-refractivity contribution in [3.63, 3.8) is 0 Å². The highest BCUT2D eigenvalue weighted by molar-refractivity contribution is 7.10. The van der Waals surface area contributed by atoms with E-state index in [-0.39, 0.29) is 0 Å². The first-order valence-electron chi connectivity index (χ1n) is 5.42. The molecule has 1 aliphatic rings. The summed E-state index contributed by atoms with van der Waals surface area (Å²) in [5.74, 6) is 0. The summed E-state index contributed by atoms with van der Waals surface area (Å²) in [6, 6.07) is 2.21. The minimum Gasteiger partial charge on any atom is -0.386 e. The predicted octanol–water partition coefficient (Wildman–Crippen LogP) is 2.92. The van der Waals surface area contributed by atoms with Crippen LogP contribution in [0, 0.1) is 5.41 Å². The van der Waals surface area contributed by atoms with Crippen LogP contribution in [0.3, 0.4) is 0 Å². The van der Waals surface area contributed by atoms with Crippen molar-refractivity contribution >= 4 is 23.2 Å². The van der Waals surface area contributed by atoms with Crippen LogP contribution in [0.4, 0.5) is 5.69 Å². The van der Waals surface area contributed by atoms with Crippen LogP contribution in [0.1, 0.15) is 24.6 Å². The maximum atomic E-state index is 7.15. The Morgan fingerprint density at radius 2 is 2.31 bits per heavy atom. The van der Waals surface area contributed by atoms with Crippen LogP contribution in [-0.4, -0.2) is 13.3 Å². The second kappa shape index (κ2) is 4.29. The van der Waals surface area contributed by atoms with Gasteiger partial charge in [-0.3, -0.25) is 0 Å². The van der Waals surface area contributed by atoms with Gasteiger partial charge in [0.05, 0.1) is 5.70 Å². The Hall–Kier alpha value is -1.29. The summed E-state index contributed by atoms with van der Waals surface area (Å²) in [7, 11) is 1.81. The van der Waals surface area contributed by atoms with E-state index in [4.69, 9.17) is 5.41 Å². The van der Waals surface area contributed by atoms with E-state index < -0.39 is 0 Å². The Labute approximate surface area is 100 Å². The lowest BCUT2D eigenvalue weighted by Crippen LogP contribution is -2.08. The number of nitrogens with one attached hydrogen (secondary N) is 3. The zero-order chi connectivity index (χ0) is 11.6. The van der Waals surface area contributed by atoms with Gasteiger partial charge in [-0.15, -0.1) is 11.3 Å². The van der Waals surface area contributed by atoms with Crippen LogP contribution >= 0.6 is 11.3 Å². The third-order valence-electron chi connectivity index (χ3n) is 3.03. The van der Waals surface area contributed by atoms with Gasteiger partial charge in [0, 0.05) is 40.8 Å². The molecule has 1 saturated carbocycles. The maximum Gasteiger partial charge on any atom is 0.0679 e. The average Bonchev–Trinajstić information content (AvgIpc) is 2.86. The Kier molecular flexibility index (Phi) is 3.01. The van der Waals surface area contributed by atoms with Crippen molar-refractivity contribution in [1.29, 1.82) is 5.41 Å². The van der Waals surface area contributed by atoms with Gasteiger partial charge in [0.25, 0.3) is 0 Å². The van der Waals surface area contributed by atoms with Gasteiger partial charge in [-0.25, -0.2) is 0 Å². The number of hydrogen-bond donors (Lipinski definition) is 3. The van der Waals surface area contributed by atoms with Crippen molar-refractivity contribution in [2.75, 3.05) is 12.4 Å². The van der Waals surface area contributed by atoms with Gasteiger partial charge in [-0.2, -0.15) is 0 Å². The van der Waals surface area contributed by atoms with Gasteiger partial charge in [-0.05, 0) is 18.9 Å². The largest absolute Gasteiger partial charge is 0.386 e. The molecule has 0 bridgehead atoms. The minimum atomic E-state index is 0.446. The molecule has 3 nitrogen and oxygen atoms in total. The van der Waals surface area contributed by atoms with Crippen LogP contribution < -0.4 is 10.6 Å². The molecule has 86 valence electrons. The van der Waals surface area contributed by atoms with Crippen LogP contribution in [0.2, 0.25) is 0 Å². The number of rotatable bonds is 5. The molecule has 0 amide bonds. The van der Waals surface area contributed by atoms with Gasteiger partial charge < -0.3 is 16.0 Å². The smallest absolute Gasteiger partial charge is 0.0679 e. The molecule has 16 heavy (non-hydrogen) atoms. The van der Waals surface area contributed by atoms with Crippen molar-refractivity contribution in [2.45, 2.75) is 25.2 Å². The summed E-state index contributed by atoms with van der Waals surface area (Å²) in [4.78, 5) is 1.46. The first kappa shape index (κ1) is 11.2. The first-order chi connectivity index (χ1) is 7.68. The lowest BCUT2D eigenvalue weighted by Gasteiger charge is -2.03. The normalized spacial score (nSPS) is 18.0. The van der Waals surface area contributed by atoms with E-state index in [2.05, 4.69) is 29.0 Å². The van der Waals surface area contributed by atoms with E-state index in [1.54, 1.807) is 0 Å². The zero-order valence-corrected chi connectivity index (χ0v) is 10.4. The summed E-state index contributed by atoms with van der Waals surface area (Å²) in [6.07, 6.45) is 5.73. The standard InChI is InChI=1S/C12H17N3S/c1-12(3-4-12)11-5-9(8-16-11)15-7-10(6-13)14-2/h5-8,13-15H,3-4H2,1-2H3/b10-7+,13-6?. The Morgan fingerprint density at radius 3 is 2.88 bits per heavy atom. The second-order valence-electron chi connectivity index (χ2n) is 4.40. The number of hydrogen-bond acceptors (Lipinski definition) is 4. The van der Waals surface area contributed by atoms with E-state index in [0.717, 1.165) is 11.4 Å². The molecule has 4 heteroatoms. The van der Waals surface area contributed by atoms with Gasteiger partial charge in [-0.1, -0.05) is 6.92 Å². The highest BCUT2D eigenvalue weighted by atomic mass is 32.1. The van der Waals surface area contributed by atoms with E-state index in [9.17, 15) is 0 Å². The van der Waals surface area contributed by atoms with Crippen LogP contribution in [0.5, 0.6) is 0 Å². The fraction of sp³-hybridized carbons (Fsp3) is 0.417. The van der Waals surface area contributed by atoms with E-state index in [1.165, 1.54) is 23.9 Å². The SMILES string of the molecule is CN/C(C=N)=C/Nc1csc(C2(C)CC2)c1. The average molecular weight is 235 g/mol. The fourth-order valence-electron chi connectivity index (χ4n) is 1.51. The second-order valence-corrected chi connectivity index (χ2v) is 5.31.